The number of rotatable bonds is 1. The molecule has 0 atom stereocenters. The Hall–Kier alpha value is -2.86. The molecule has 0 N–H and O–H groups in total. The molecule has 0 aliphatic heterocycles. The van der Waals surface area contributed by atoms with Crippen LogP contribution in [0.15, 0.2) is 78.9 Å². The first-order valence-corrected chi connectivity index (χ1v) is 9.30. The molecule has 1 aliphatic carbocycles. The fourth-order valence-corrected chi connectivity index (χ4v) is 4.74. The maximum absolute atomic E-state index is 2.37. The lowest BCUT2D eigenvalue weighted by molar-refractivity contribution is 0.662. The van der Waals surface area contributed by atoms with E-state index in [2.05, 4.69) is 99.6 Å². The molecule has 0 fully saturated rings. The zero-order valence-corrected chi connectivity index (χ0v) is 15.5. The predicted octanol–water partition coefficient (Wildman–Crippen LogP) is 7.12. The fraction of sp³-hybridized carbons (Fsp3) is 0.154. The number of aryl methyl sites for hydroxylation is 1. The SMILES string of the molecule is Cc1cc2c(c(-c3cccc4ccccc34)c1)C(C)(C)c1ccccc1-2. The number of hydrogen-bond acceptors (Lipinski definition) is 0. The van der Waals surface area contributed by atoms with Gasteiger partial charge in [-0.2, -0.15) is 0 Å². The van der Waals surface area contributed by atoms with Gasteiger partial charge < -0.3 is 0 Å². The van der Waals surface area contributed by atoms with Crippen LogP contribution in [0.4, 0.5) is 0 Å². The van der Waals surface area contributed by atoms with Crippen LogP contribution in [-0.4, -0.2) is 0 Å². The first-order valence-electron chi connectivity index (χ1n) is 9.30. The zero-order valence-electron chi connectivity index (χ0n) is 15.5. The van der Waals surface area contributed by atoms with Crippen molar-refractivity contribution in [2.75, 3.05) is 0 Å². The summed E-state index contributed by atoms with van der Waals surface area (Å²) in [6.07, 6.45) is 0. The van der Waals surface area contributed by atoms with E-state index >= 15 is 0 Å². The van der Waals surface area contributed by atoms with Crippen LogP contribution in [0, 0.1) is 6.92 Å². The second-order valence-electron chi connectivity index (χ2n) is 7.93. The van der Waals surface area contributed by atoms with Gasteiger partial charge in [-0.25, -0.2) is 0 Å². The molecule has 0 unspecified atom stereocenters. The van der Waals surface area contributed by atoms with E-state index < -0.39 is 0 Å². The van der Waals surface area contributed by atoms with Gasteiger partial charge in [-0.1, -0.05) is 92.7 Å². The van der Waals surface area contributed by atoms with Crippen molar-refractivity contribution in [3.8, 4) is 22.3 Å². The van der Waals surface area contributed by atoms with Gasteiger partial charge in [0.2, 0.25) is 0 Å². The van der Waals surface area contributed by atoms with Gasteiger partial charge in [0, 0.05) is 5.41 Å². The Kier molecular flexibility index (Phi) is 3.15. The van der Waals surface area contributed by atoms with E-state index in [0.717, 1.165) is 0 Å². The summed E-state index contributed by atoms with van der Waals surface area (Å²) in [5, 5.41) is 2.63. The van der Waals surface area contributed by atoms with Crippen LogP contribution in [0.2, 0.25) is 0 Å². The molecule has 0 aromatic heterocycles. The van der Waals surface area contributed by atoms with Crippen molar-refractivity contribution >= 4 is 10.8 Å². The second kappa shape index (κ2) is 5.32. The summed E-state index contributed by atoms with van der Waals surface area (Å²) < 4.78 is 0. The monoisotopic (exact) mass is 334 g/mol. The summed E-state index contributed by atoms with van der Waals surface area (Å²) in [6, 6.07) is 29.0. The molecule has 4 aromatic carbocycles. The van der Waals surface area contributed by atoms with Crippen molar-refractivity contribution < 1.29 is 0 Å². The van der Waals surface area contributed by atoms with E-state index in [-0.39, 0.29) is 5.41 Å². The van der Waals surface area contributed by atoms with Crippen LogP contribution >= 0.6 is 0 Å². The topological polar surface area (TPSA) is 0 Å². The van der Waals surface area contributed by atoms with E-state index in [1.165, 1.54) is 49.7 Å². The number of fused-ring (bicyclic) bond motifs is 4. The Morgan fingerprint density at radius 2 is 1.23 bits per heavy atom. The Balaban J connectivity index is 1.91. The molecule has 0 radical (unpaired) electrons. The van der Waals surface area contributed by atoms with Gasteiger partial charge in [0.1, 0.15) is 0 Å². The lowest BCUT2D eigenvalue weighted by atomic mass is 9.78. The highest BCUT2D eigenvalue weighted by molar-refractivity contribution is 6.00. The van der Waals surface area contributed by atoms with E-state index in [1.807, 2.05) is 0 Å². The minimum atomic E-state index is 0.00586. The molecule has 0 saturated carbocycles. The molecular weight excluding hydrogens is 312 g/mol. The summed E-state index contributed by atoms with van der Waals surface area (Å²) >= 11 is 0. The second-order valence-corrected chi connectivity index (χ2v) is 7.93. The minimum Gasteiger partial charge on any atom is -0.0619 e. The molecule has 1 aliphatic rings. The van der Waals surface area contributed by atoms with Crippen LogP contribution in [0.5, 0.6) is 0 Å². The van der Waals surface area contributed by atoms with E-state index in [4.69, 9.17) is 0 Å². The number of benzene rings is 4. The molecule has 26 heavy (non-hydrogen) atoms. The van der Waals surface area contributed by atoms with Gasteiger partial charge in [0.15, 0.2) is 0 Å². The lowest BCUT2D eigenvalue weighted by Crippen LogP contribution is -2.16. The highest BCUT2D eigenvalue weighted by Crippen LogP contribution is 2.53. The van der Waals surface area contributed by atoms with Gasteiger partial charge in [-0.3, -0.25) is 0 Å². The van der Waals surface area contributed by atoms with Gasteiger partial charge in [0.05, 0.1) is 0 Å². The predicted molar refractivity (Wildman–Crippen MR) is 112 cm³/mol. The Labute approximate surface area is 155 Å². The molecule has 0 bridgehead atoms. The summed E-state index contributed by atoms with van der Waals surface area (Å²) in [6.45, 7) is 6.94. The van der Waals surface area contributed by atoms with Crippen LogP contribution in [0.1, 0.15) is 30.5 Å². The summed E-state index contributed by atoms with van der Waals surface area (Å²) in [7, 11) is 0. The van der Waals surface area contributed by atoms with Crippen molar-refractivity contribution in [1.82, 2.24) is 0 Å². The molecular formula is C26H22. The van der Waals surface area contributed by atoms with Crippen LogP contribution in [0.25, 0.3) is 33.0 Å². The van der Waals surface area contributed by atoms with Crippen LogP contribution in [-0.2, 0) is 5.41 Å². The lowest BCUT2D eigenvalue weighted by Gasteiger charge is -2.25. The molecule has 0 heterocycles. The number of hydrogen-bond donors (Lipinski definition) is 0. The third-order valence-corrected chi connectivity index (χ3v) is 5.88. The maximum atomic E-state index is 2.37. The average molecular weight is 334 g/mol. The largest absolute Gasteiger partial charge is 0.0619 e. The van der Waals surface area contributed by atoms with Crippen molar-refractivity contribution in [1.29, 1.82) is 0 Å². The van der Waals surface area contributed by atoms with Crippen molar-refractivity contribution in [2.45, 2.75) is 26.2 Å². The first-order chi connectivity index (χ1) is 12.6. The van der Waals surface area contributed by atoms with Crippen molar-refractivity contribution in [2.24, 2.45) is 0 Å². The van der Waals surface area contributed by atoms with Gasteiger partial charge in [0.25, 0.3) is 0 Å². The van der Waals surface area contributed by atoms with E-state index in [1.54, 1.807) is 0 Å². The minimum absolute atomic E-state index is 0.00586. The van der Waals surface area contributed by atoms with Gasteiger partial charge in [-0.05, 0) is 56.6 Å². The molecule has 4 aromatic rings. The third kappa shape index (κ3) is 2.02. The van der Waals surface area contributed by atoms with Gasteiger partial charge in [-0.15, -0.1) is 0 Å². The smallest absolute Gasteiger partial charge is 0.0165 e. The summed E-state index contributed by atoms with van der Waals surface area (Å²) in [4.78, 5) is 0. The van der Waals surface area contributed by atoms with Crippen molar-refractivity contribution in [3.63, 3.8) is 0 Å². The Morgan fingerprint density at radius 1 is 0.615 bits per heavy atom. The maximum Gasteiger partial charge on any atom is 0.0165 e. The first kappa shape index (κ1) is 15.4. The molecule has 5 rings (SSSR count). The quantitative estimate of drug-likeness (QED) is 0.347. The van der Waals surface area contributed by atoms with E-state index in [9.17, 15) is 0 Å². The normalized spacial score (nSPS) is 14.3. The Bertz CT molecular complexity index is 1160. The molecule has 0 heteroatoms. The fourth-order valence-electron chi connectivity index (χ4n) is 4.74. The van der Waals surface area contributed by atoms with Crippen molar-refractivity contribution in [3.05, 3.63) is 95.6 Å². The third-order valence-electron chi connectivity index (χ3n) is 5.88. The van der Waals surface area contributed by atoms with Crippen LogP contribution in [0.3, 0.4) is 0 Å². The van der Waals surface area contributed by atoms with Crippen LogP contribution < -0.4 is 0 Å². The zero-order chi connectivity index (χ0) is 17.9. The standard InChI is InChI=1S/C26H22/c1-17-15-22(20-13-8-10-18-9-4-5-11-19(18)20)25-23(16-17)21-12-6-7-14-24(21)26(25,2)3/h4-16H,1-3H3. The van der Waals surface area contributed by atoms with Gasteiger partial charge >= 0.3 is 0 Å². The molecule has 0 nitrogen and oxygen atoms in total. The highest BCUT2D eigenvalue weighted by atomic mass is 14.4. The molecule has 0 amide bonds. The molecule has 0 spiro atoms. The molecule has 126 valence electrons. The molecule has 0 saturated heterocycles. The summed E-state index contributed by atoms with van der Waals surface area (Å²) in [5.74, 6) is 0. The van der Waals surface area contributed by atoms with E-state index in [0.29, 0.717) is 0 Å². The average Bonchev–Trinajstić information content (AvgIpc) is 2.88. The highest BCUT2D eigenvalue weighted by Gasteiger charge is 2.37. The Morgan fingerprint density at radius 3 is 2.08 bits per heavy atom. The summed E-state index contributed by atoms with van der Waals surface area (Å²) in [5.41, 5.74) is 9.71.